The number of anilines is 2. The minimum atomic E-state index is -4.65. The summed E-state index contributed by atoms with van der Waals surface area (Å²) in [6.07, 6.45) is -0.127. The summed E-state index contributed by atoms with van der Waals surface area (Å²) in [6, 6.07) is 9.23. The molecule has 1 aliphatic heterocycles. The molecule has 0 radical (unpaired) electrons. The standard InChI is InChI=1S/C22H18F3IN4O2/c1-12-17(32-2)8-7-16-19(12)29-21(22(23,24)25)30(16)15-6-9-18(27-11-15)28-20(31)13-4-3-5-14(26)10-13/h3-12,19H,1-2H3,(H,27,28,31). The monoisotopic (exact) mass is 554 g/mol. The average Bonchev–Trinajstić information content (AvgIpc) is 3.16. The number of nitrogens with one attached hydrogen (secondary N) is 1. The number of amidine groups is 1. The number of aromatic nitrogens is 1. The van der Waals surface area contributed by atoms with E-state index in [-0.39, 0.29) is 23.3 Å². The first-order chi connectivity index (χ1) is 15.2. The van der Waals surface area contributed by atoms with Gasteiger partial charge in [0.2, 0.25) is 5.84 Å². The number of carbonyl (C=O) groups is 1. The molecule has 0 saturated heterocycles. The van der Waals surface area contributed by atoms with Crippen LogP contribution in [-0.4, -0.2) is 36.1 Å². The van der Waals surface area contributed by atoms with Crippen molar-refractivity contribution in [2.24, 2.45) is 10.9 Å². The Kier molecular flexibility index (Phi) is 5.97. The van der Waals surface area contributed by atoms with E-state index >= 15 is 0 Å². The number of allylic oxidation sites excluding steroid dienone is 2. The predicted molar refractivity (Wildman–Crippen MR) is 123 cm³/mol. The Morgan fingerprint density at radius 1 is 1.22 bits per heavy atom. The van der Waals surface area contributed by atoms with Crippen molar-refractivity contribution < 1.29 is 22.7 Å². The number of rotatable bonds is 4. The summed E-state index contributed by atoms with van der Waals surface area (Å²) >= 11 is 2.10. The molecule has 32 heavy (non-hydrogen) atoms. The van der Waals surface area contributed by atoms with Gasteiger partial charge in [0.1, 0.15) is 17.6 Å². The van der Waals surface area contributed by atoms with Gasteiger partial charge in [0.25, 0.3) is 5.91 Å². The highest BCUT2D eigenvalue weighted by atomic mass is 127. The third-order valence-electron chi connectivity index (χ3n) is 5.20. The number of methoxy groups -OCH3 is 1. The summed E-state index contributed by atoms with van der Waals surface area (Å²) in [4.78, 5) is 21.6. The second kappa shape index (κ2) is 8.57. The third-order valence-corrected chi connectivity index (χ3v) is 5.87. The van der Waals surface area contributed by atoms with Gasteiger partial charge in [-0.15, -0.1) is 0 Å². The summed E-state index contributed by atoms with van der Waals surface area (Å²) in [5.74, 6) is -0.918. The van der Waals surface area contributed by atoms with Gasteiger partial charge in [0.15, 0.2) is 0 Å². The number of halogens is 4. The lowest BCUT2D eigenvalue weighted by molar-refractivity contribution is -0.0596. The van der Waals surface area contributed by atoms with Crippen molar-refractivity contribution in [1.82, 2.24) is 4.98 Å². The average molecular weight is 554 g/mol. The van der Waals surface area contributed by atoms with Gasteiger partial charge in [0, 0.05) is 15.1 Å². The normalized spacial score (nSPS) is 20.2. The molecule has 1 amide bonds. The van der Waals surface area contributed by atoms with E-state index in [9.17, 15) is 18.0 Å². The van der Waals surface area contributed by atoms with Crippen molar-refractivity contribution in [2.45, 2.75) is 19.1 Å². The maximum absolute atomic E-state index is 13.8. The summed E-state index contributed by atoms with van der Waals surface area (Å²) < 4.78 is 47.5. The quantitative estimate of drug-likeness (QED) is 0.532. The Morgan fingerprint density at radius 3 is 2.62 bits per heavy atom. The molecule has 0 fully saturated rings. The maximum Gasteiger partial charge on any atom is 0.449 e. The number of aliphatic imine (C=N–C) groups is 1. The van der Waals surface area contributed by atoms with Crippen LogP contribution in [0.25, 0.3) is 0 Å². The van der Waals surface area contributed by atoms with Crippen LogP contribution in [-0.2, 0) is 4.74 Å². The highest BCUT2D eigenvalue weighted by molar-refractivity contribution is 14.1. The Bertz CT molecular complexity index is 1140. The molecule has 2 unspecified atom stereocenters. The van der Waals surface area contributed by atoms with Crippen LogP contribution in [0.1, 0.15) is 17.3 Å². The summed E-state index contributed by atoms with van der Waals surface area (Å²) in [5, 5.41) is 2.66. The molecule has 1 aromatic heterocycles. The molecule has 10 heteroatoms. The van der Waals surface area contributed by atoms with E-state index in [2.05, 4.69) is 37.9 Å². The van der Waals surface area contributed by atoms with Crippen LogP contribution in [0.5, 0.6) is 0 Å². The van der Waals surface area contributed by atoms with Gasteiger partial charge >= 0.3 is 6.18 Å². The molecular weight excluding hydrogens is 536 g/mol. The fourth-order valence-corrected chi connectivity index (χ4v) is 4.20. The molecule has 0 bridgehead atoms. The van der Waals surface area contributed by atoms with Crippen molar-refractivity contribution in [2.75, 3.05) is 17.3 Å². The first-order valence-corrected chi connectivity index (χ1v) is 10.7. The number of alkyl halides is 3. The summed E-state index contributed by atoms with van der Waals surface area (Å²) in [7, 11) is 1.48. The fraction of sp³-hybridized carbons (Fsp3) is 0.227. The van der Waals surface area contributed by atoms with Gasteiger partial charge in [-0.1, -0.05) is 13.0 Å². The molecule has 166 valence electrons. The fourth-order valence-electron chi connectivity index (χ4n) is 3.66. The molecular formula is C22H18F3IN4O2. The smallest absolute Gasteiger partial charge is 0.449 e. The van der Waals surface area contributed by atoms with E-state index < -0.39 is 18.1 Å². The highest BCUT2D eigenvalue weighted by Gasteiger charge is 2.49. The number of benzene rings is 1. The molecule has 2 aromatic rings. The van der Waals surface area contributed by atoms with E-state index in [4.69, 9.17) is 4.74 Å². The zero-order valence-electron chi connectivity index (χ0n) is 17.0. The van der Waals surface area contributed by atoms with Crippen LogP contribution in [0.4, 0.5) is 24.7 Å². The number of amides is 1. The minimum Gasteiger partial charge on any atom is -0.501 e. The molecule has 2 atom stereocenters. The van der Waals surface area contributed by atoms with Gasteiger partial charge in [-0.2, -0.15) is 13.2 Å². The van der Waals surface area contributed by atoms with Crippen molar-refractivity contribution in [3.63, 3.8) is 0 Å². The summed E-state index contributed by atoms with van der Waals surface area (Å²) in [6.45, 7) is 1.77. The topological polar surface area (TPSA) is 66.8 Å². The van der Waals surface area contributed by atoms with Crippen LogP contribution in [0.15, 0.2) is 71.2 Å². The van der Waals surface area contributed by atoms with Crippen LogP contribution >= 0.6 is 22.6 Å². The van der Waals surface area contributed by atoms with Gasteiger partial charge in [0.05, 0.1) is 24.7 Å². The molecule has 2 heterocycles. The number of ether oxygens (including phenoxy) is 1. The number of carbonyl (C=O) groups excluding carboxylic acids is 1. The van der Waals surface area contributed by atoms with Crippen molar-refractivity contribution >= 4 is 45.8 Å². The lowest BCUT2D eigenvalue weighted by Crippen LogP contribution is -2.38. The first kappa shape index (κ1) is 22.3. The number of pyridine rings is 1. The molecule has 0 saturated carbocycles. The SMILES string of the molecule is COC1=CC=C2C(N=C(C(F)(F)F)N2c2ccc(NC(=O)c3cccc(I)c3)nc2)C1C. The first-order valence-electron chi connectivity index (χ1n) is 9.63. The Morgan fingerprint density at radius 2 is 2.00 bits per heavy atom. The Labute approximate surface area is 196 Å². The van der Waals surface area contributed by atoms with Crippen molar-refractivity contribution in [3.05, 3.63) is 75.3 Å². The molecule has 1 aromatic carbocycles. The van der Waals surface area contributed by atoms with Crippen LogP contribution in [0.3, 0.4) is 0 Å². The lowest BCUT2D eigenvalue weighted by Gasteiger charge is -2.29. The molecule has 4 rings (SSSR count). The van der Waals surface area contributed by atoms with Crippen molar-refractivity contribution in [3.8, 4) is 0 Å². The van der Waals surface area contributed by atoms with Gasteiger partial charge in [-0.25, -0.2) is 4.98 Å². The van der Waals surface area contributed by atoms with Gasteiger partial charge in [-0.05, 0) is 65.1 Å². The predicted octanol–water partition coefficient (Wildman–Crippen LogP) is 5.15. The molecule has 0 spiro atoms. The third kappa shape index (κ3) is 4.23. The largest absolute Gasteiger partial charge is 0.501 e. The molecule has 1 aliphatic carbocycles. The van der Waals surface area contributed by atoms with Crippen molar-refractivity contribution in [1.29, 1.82) is 0 Å². The zero-order valence-corrected chi connectivity index (χ0v) is 19.2. The highest BCUT2D eigenvalue weighted by Crippen LogP contribution is 2.41. The number of hydrogen-bond donors (Lipinski definition) is 1. The number of fused-ring (bicyclic) bond motifs is 1. The maximum atomic E-state index is 13.8. The Balaban J connectivity index is 1.62. The van der Waals surface area contributed by atoms with Gasteiger partial charge < -0.3 is 10.1 Å². The second-order valence-corrected chi connectivity index (χ2v) is 8.50. The van der Waals surface area contributed by atoms with Crippen LogP contribution in [0, 0.1) is 9.49 Å². The van der Waals surface area contributed by atoms with Crippen LogP contribution < -0.4 is 10.2 Å². The van der Waals surface area contributed by atoms with E-state index in [1.165, 1.54) is 25.4 Å². The zero-order chi connectivity index (χ0) is 23.0. The number of hydrogen-bond acceptors (Lipinski definition) is 5. The second-order valence-electron chi connectivity index (χ2n) is 7.25. The summed E-state index contributed by atoms with van der Waals surface area (Å²) in [5.41, 5.74) is 1.05. The van der Waals surface area contributed by atoms with E-state index in [1.807, 2.05) is 6.07 Å². The number of nitrogens with zero attached hydrogens (tertiary/aromatic N) is 3. The van der Waals surface area contributed by atoms with E-state index in [1.54, 1.807) is 37.3 Å². The van der Waals surface area contributed by atoms with Gasteiger partial charge in [-0.3, -0.25) is 14.7 Å². The van der Waals surface area contributed by atoms with E-state index in [0.29, 0.717) is 17.0 Å². The molecule has 6 nitrogen and oxygen atoms in total. The van der Waals surface area contributed by atoms with Crippen LogP contribution in [0.2, 0.25) is 0 Å². The minimum absolute atomic E-state index is 0.198. The Hall–Kier alpha value is -2.89. The lowest BCUT2D eigenvalue weighted by atomic mass is 9.92. The molecule has 2 aliphatic rings. The van der Waals surface area contributed by atoms with E-state index in [0.717, 1.165) is 8.47 Å². The molecule has 1 N–H and O–H groups in total.